The van der Waals surface area contributed by atoms with Crippen LogP contribution in [0, 0.1) is 0 Å². The molecule has 0 saturated heterocycles. The monoisotopic (exact) mass is 273 g/mol. The van der Waals surface area contributed by atoms with E-state index in [-0.39, 0.29) is 5.91 Å². The molecule has 0 radical (unpaired) electrons. The molecule has 0 aromatic carbocycles. The number of hydrogen-bond acceptors (Lipinski definition) is 2. The first-order valence-corrected chi connectivity index (χ1v) is 5.94. The van der Waals surface area contributed by atoms with E-state index in [0.29, 0.717) is 10.2 Å². The Bertz CT molecular complexity index is 322. The summed E-state index contributed by atoms with van der Waals surface area (Å²) in [7, 11) is 1.82. The molecule has 0 aliphatic rings. The summed E-state index contributed by atoms with van der Waals surface area (Å²) in [5.74, 6) is 0.00623. The fourth-order valence-corrected chi connectivity index (χ4v) is 1.76. The van der Waals surface area contributed by atoms with Crippen molar-refractivity contribution in [3.05, 3.63) is 22.6 Å². The molecule has 84 valence electrons. The number of rotatable bonds is 5. The minimum absolute atomic E-state index is 0.00623. The lowest BCUT2D eigenvalue weighted by atomic mass is 10.2. The topological polar surface area (TPSA) is 33.5 Å². The van der Waals surface area contributed by atoms with Crippen molar-refractivity contribution in [2.24, 2.45) is 0 Å². The molecule has 1 amide bonds. The molecular formula is C11H16BrNO2. The molecule has 0 aliphatic carbocycles. The van der Waals surface area contributed by atoms with E-state index in [2.05, 4.69) is 22.9 Å². The smallest absolute Gasteiger partial charge is 0.258 e. The molecule has 1 rings (SSSR count). The van der Waals surface area contributed by atoms with Crippen LogP contribution in [0.2, 0.25) is 0 Å². The summed E-state index contributed by atoms with van der Waals surface area (Å²) in [6.45, 7) is 2.94. The third kappa shape index (κ3) is 3.38. The van der Waals surface area contributed by atoms with Gasteiger partial charge in [-0.3, -0.25) is 4.79 Å². The summed E-state index contributed by atoms with van der Waals surface area (Å²) in [4.78, 5) is 13.6. The van der Waals surface area contributed by atoms with E-state index in [4.69, 9.17) is 4.42 Å². The number of carbonyl (C=O) groups excluding carboxylic acids is 1. The van der Waals surface area contributed by atoms with Crippen LogP contribution in [0.4, 0.5) is 0 Å². The molecule has 1 heterocycles. The van der Waals surface area contributed by atoms with Gasteiger partial charge in [-0.2, -0.15) is 0 Å². The number of unbranched alkanes of at least 4 members (excludes halogenated alkanes) is 2. The van der Waals surface area contributed by atoms with Crippen LogP contribution in [-0.4, -0.2) is 24.4 Å². The normalized spacial score (nSPS) is 10.3. The molecule has 15 heavy (non-hydrogen) atoms. The summed E-state index contributed by atoms with van der Waals surface area (Å²) in [6.07, 6.45) is 4.88. The minimum Gasteiger partial charge on any atom is -0.457 e. The van der Waals surface area contributed by atoms with Gasteiger partial charge in [-0.1, -0.05) is 19.8 Å². The van der Waals surface area contributed by atoms with Crippen molar-refractivity contribution in [3.8, 4) is 0 Å². The van der Waals surface area contributed by atoms with E-state index in [1.54, 1.807) is 11.0 Å². The second kappa shape index (κ2) is 5.95. The lowest BCUT2D eigenvalue weighted by Gasteiger charge is -2.15. The highest BCUT2D eigenvalue weighted by Crippen LogP contribution is 2.19. The highest BCUT2D eigenvalue weighted by atomic mass is 79.9. The lowest BCUT2D eigenvalue weighted by molar-refractivity contribution is 0.0790. The molecule has 1 aromatic heterocycles. The maximum Gasteiger partial charge on any atom is 0.258 e. The van der Waals surface area contributed by atoms with E-state index < -0.39 is 0 Å². The van der Waals surface area contributed by atoms with Crippen molar-refractivity contribution in [2.75, 3.05) is 13.6 Å². The summed E-state index contributed by atoms with van der Waals surface area (Å²) < 4.78 is 5.54. The Balaban J connectivity index is 2.50. The highest BCUT2D eigenvalue weighted by molar-refractivity contribution is 9.10. The van der Waals surface area contributed by atoms with Gasteiger partial charge in [0.25, 0.3) is 5.91 Å². The van der Waals surface area contributed by atoms with Gasteiger partial charge in [0, 0.05) is 13.6 Å². The van der Waals surface area contributed by atoms with E-state index >= 15 is 0 Å². The number of carbonyl (C=O) groups is 1. The summed E-state index contributed by atoms with van der Waals surface area (Å²) in [6, 6.07) is 1.68. The van der Waals surface area contributed by atoms with Gasteiger partial charge in [0.1, 0.15) is 0 Å². The van der Waals surface area contributed by atoms with Crippen LogP contribution in [-0.2, 0) is 0 Å². The van der Waals surface area contributed by atoms with Crippen LogP contribution in [0.3, 0.4) is 0 Å². The maximum absolute atomic E-state index is 11.9. The van der Waals surface area contributed by atoms with Gasteiger partial charge in [0.2, 0.25) is 0 Å². The van der Waals surface area contributed by atoms with E-state index in [1.807, 2.05) is 7.05 Å². The number of hydrogen-bond donors (Lipinski definition) is 0. The van der Waals surface area contributed by atoms with Crippen molar-refractivity contribution in [2.45, 2.75) is 26.2 Å². The van der Waals surface area contributed by atoms with Crippen LogP contribution >= 0.6 is 15.9 Å². The average Bonchev–Trinajstić information content (AvgIpc) is 2.63. The lowest BCUT2D eigenvalue weighted by Crippen LogP contribution is -2.27. The third-order valence-electron chi connectivity index (χ3n) is 2.29. The molecule has 0 N–H and O–H groups in total. The molecular weight excluding hydrogens is 258 g/mol. The molecule has 0 unspecified atom stereocenters. The Kier molecular flexibility index (Phi) is 4.88. The number of furan rings is 1. The van der Waals surface area contributed by atoms with E-state index in [1.165, 1.54) is 6.26 Å². The molecule has 1 aromatic rings. The Labute approximate surface area is 98.6 Å². The second-order valence-corrected chi connectivity index (χ2v) is 4.26. The molecule has 4 heteroatoms. The van der Waals surface area contributed by atoms with Gasteiger partial charge in [0.05, 0.1) is 11.8 Å². The van der Waals surface area contributed by atoms with E-state index in [0.717, 1.165) is 25.8 Å². The largest absolute Gasteiger partial charge is 0.457 e. The zero-order chi connectivity index (χ0) is 11.3. The molecule has 0 spiro atoms. The van der Waals surface area contributed by atoms with Crippen molar-refractivity contribution in [1.82, 2.24) is 4.90 Å². The summed E-state index contributed by atoms with van der Waals surface area (Å²) >= 11 is 3.20. The first-order valence-electron chi connectivity index (χ1n) is 5.15. The van der Waals surface area contributed by atoms with Crippen molar-refractivity contribution in [3.63, 3.8) is 0 Å². The highest BCUT2D eigenvalue weighted by Gasteiger charge is 2.16. The Morgan fingerprint density at radius 3 is 2.80 bits per heavy atom. The van der Waals surface area contributed by atoms with E-state index in [9.17, 15) is 4.79 Å². The van der Waals surface area contributed by atoms with Gasteiger partial charge in [-0.05, 0) is 28.4 Å². The minimum atomic E-state index is 0.00623. The second-order valence-electron chi connectivity index (χ2n) is 3.54. The van der Waals surface area contributed by atoms with Gasteiger partial charge in [-0.25, -0.2) is 0 Å². The molecule has 0 bridgehead atoms. The van der Waals surface area contributed by atoms with Gasteiger partial charge in [0.15, 0.2) is 4.67 Å². The van der Waals surface area contributed by atoms with Crippen LogP contribution in [0.1, 0.15) is 36.5 Å². The third-order valence-corrected chi connectivity index (χ3v) is 2.91. The fraction of sp³-hybridized carbons (Fsp3) is 0.545. The van der Waals surface area contributed by atoms with Gasteiger partial charge in [-0.15, -0.1) is 0 Å². The first kappa shape index (κ1) is 12.3. The van der Waals surface area contributed by atoms with Crippen LogP contribution in [0.15, 0.2) is 21.4 Å². The Morgan fingerprint density at radius 1 is 1.53 bits per heavy atom. The molecule has 3 nitrogen and oxygen atoms in total. The van der Waals surface area contributed by atoms with Gasteiger partial charge < -0.3 is 9.32 Å². The average molecular weight is 274 g/mol. The Morgan fingerprint density at radius 2 is 2.27 bits per heavy atom. The predicted octanol–water partition coefficient (Wildman–Crippen LogP) is 3.30. The zero-order valence-corrected chi connectivity index (χ0v) is 10.7. The van der Waals surface area contributed by atoms with Crippen LogP contribution in [0.25, 0.3) is 0 Å². The number of nitrogens with zero attached hydrogens (tertiary/aromatic N) is 1. The fourth-order valence-electron chi connectivity index (χ4n) is 1.35. The van der Waals surface area contributed by atoms with Crippen LogP contribution in [0.5, 0.6) is 0 Å². The number of amides is 1. The Hall–Kier alpha value is -0.770. The van der Waals surface area contributed by atoms with Crippen molar-refractivity contribution in [1.29, 1.82) is 0 Å². The predicted molar refractivity (Wildman–Crippen MR) is 62.9 cm³/mol. The standard InChI is InChI=1S/C11H16BrNO2/c1-3-4-5-7-13(2)11(14)9-6-8-15-10(9)12/h6,8H,3-5,7H2,1-2H3. The summed E-state index contributed by atoms with van der Waals surface area (Å²) in [5, 5.41) is 0. The molecule has 0 atom stereocenters. The molecule has 0 saturated carbocycles. The first-order chi connectivity index (χ1) is 7.16. The van der Waals surface area contributed by atoms with Gasteiger partial charge >= 0.3 is 0 Å². The maximum atomic E-state index is 11.9. The number of halogens is 1. The quantitative estimate of drug-likeness (QED) is 0.772. The molecule has 0 fully saturated rings. The molecule has 0 aliphatic heterocycles. The van der Waals surface area contributed by atoms with Crippen LogP contribution < -0.4 is 0 Å². The van der Waals surface area contributed by atoms with Crippen molar-refractivity contribution < 1.29 is 9.21 Å². The summed E-state index contributed by atoms with van der Waals surface area (Å²) in [5.41, 5.74) is 0.592. The van der Waals surface area contributed by atoms with Crippen molar-refractivity contribution >= 4 is 21.8 Å². The zero-order valence-electron chi connectivity index (χ0n) is 9.12. The SMILES string of the molecule is CCCCCN(C)C(=O)c1ccoc1Br.